The summed E-state index contributed by atoms with van der Waals surface area (Å²) in [6, 6.07) is 12.7. The molecule has 24 heavy (non-hydrogen) atoms. The maximum Gasteiger partial charge on any atom is 0.160 e. The third-order valence-corrected chi connectivity index (χ3v) is 6.34. The first-order chi connectivity index (χ1) is 11.7. The third kappa shape index (κ3) is 2.79. The minimum Gasteiger partial charge on any atom is -0.496 e. The minimum absolute atomic E-state index is 0.0467. The zero-order valence-electron chi connectivity index (χ0n) is 13.5. The molecule has 0 radical (unpaired) electrons. The number of methoxy groups -OCH3 is 1. The fourth-order valence-corrected chi connectivity index (χ4v) is 5.20. The Labute approximate surface area is 159 Å². The van der Waals surface area contributed by atoms with E-state index in [1.54, 1.807) is 7.11 Å². The average Bonchev–Trinajstić information content (AvgIpc) is 3.11. The van der Waals surface area contributed by atoms with Gasteiger partial charge in [-0.05, 0) is 52.4 Å². The van der Waals surface area contributed by atoms with E-state index in [-0.39, 0.29) is 12.1 Å². The molecular weight excluding hydrogens is 433 g/mol. The van der Waals surface area contributed by atoms with E-state index in [9.17, 15) is 0 Å². The highest BCUT2D eigenvalue weighted by molar-refractivity contribution is 14.1. The topological polar surface area (TPSA) is 37.7 Å². The van der Waals surface area contributed by atoms with Gasteiger partial charge in [-0.3, -0.25) is 9.98 Å². The summed E-state index contributed by atoms with van der Waals surface area (Å²) in [4.78, 5) is 12.0. The van der Waals surface area contributed by atoms with Gasteiger partial charge in [-0.25, -0.2) is 0 Å². The second-order valence-corrected chi connectivity index (χ2v) is 8.60. The van der Waals surface area contributed by atoms with Crippen LogP contribution in [0.3, 0.4) is 0 Å². The van der Waals surface area contributed by atoms with Crippen LogP contribution in [0.25, 0.3) is 0 Å². The molecular formula is C18H18IN3OS. The van der Waals surface area contributed by atoms with Gasteiger partial charge in [0.25, 0.3) is 0 Å². The molecule has 0 bridgehead atoms. The number of hydrogen-bond acceptors (Lipinski definition) is 5. The van der Waals surface area contributed by atoms with Gasteiger partial charge < -0.3 is 9.64 Å². The van der Waals surface area contributed by atoms with Crippen LogP contribution in [0.15, 0.2) is 47.6 Å². The quantitative estimate of drug-likeness (QED) is 0.653. The van der Waals surface area contributed by atoms with Crippen molar-refractivity contribution in [3.63, 3.8) is 0 Å². The SMILES string of the molecule is COc1ccc([C@@H]2[C@H](c3ccccn3)N=C3S[C@@H](C)CN32)cc1I. The molecule has 3 atom stereocenters. The lowest BCUT2D eigenvalue weighted by molar-refractivity contribution is 0.320. The highest BCUT2D eigenvalue weighted by Crippen LogP contribution is 2.47. The van der Waals surface area contributed by atoms with Gasteiger partial charge in [0, 0.05) is 18.0 Å². The summed E-state index contributed by atoms with van der Waals surface area (Å²) in [6.45, 7) is 3.29. The zero-order chi connectivity index (χ0) is 16.7. The normalized spacial score (nSPS) is 25.5. The first-order valence-corrected chi connectivity index (χ1v) is 9.88. The molecule has 1 aromatic carbocycles. The number of aliphatic imine (C=N–C) groups is 1. The second-order valence-electron chi connectivity index (χ2n) is 6.03. The average molecular weight is 451 g/mol. The van der Waals surface area contributed by atoms with Crippen molar-refractivity contribution in [3.05, 3.63) is 57.4 Å². The lowest BCUT2D eigenvalue weighted by Gasteiger charge is -2.27. The van der Waals surface area contributed by atoms with Crippen molar-refractivity contribution in [1.29, 1.82) is 0 Å². The van der Waals surface area contributed by atoms with Gasteiger partial charge in [-0.2, -0.15) is 0 Å². The number of amidine groups is 1. The summed E-state index contributed by atoms with van der Waals surface area (Å²) in [5.41, 5.74) is 2.30. The summed E-state index contributed by atoms with van der Waals surface area (Å²) in [6.07, 6.45) is 1.85. The zero-order valence-corrected chi connectivity index (χ0v) is 16.5. The molecule has 0 unspecified atom stereocenters. The van der Waals surface area contributed by atoms with Crippen LogP contribution in [0, 0.1) is 3.57 Å². The Morgan fingerprint density at radius 1 is 1.29 bits per heavy atom. The number of halogens is 1. The Morgan fingerprint density at radius 3 is 2.88 bits per heavy atom. The molecule has 1 saturated heterocycles. The van der Waals surface area contributed by atoms with Gasteiger partial charge in [-0.15, -0.1) is 0 Å². The number of rotatable bonds is 3. The molecule has 0 spiro atoms. The van der Waals surface area contributed by atoms with E-state index in [0.717, 1.165) is 26.7 Å². The first kappa shape index (κ1) is 16.2. The largest absolute Gasteiger partial charge is 0.496 e. The van der Waals surface area contributed by atoms with Crippen LogP contribution in [0.1, 0.15) is 30.3 Å². The Morgan fingerprint density at radius 2 is 2.17 bits per heavy atom. The smallest absolute Gasteiger partial charge is 0.160 e. The number of hydrogen-bond donors (Lipinski definition) is 0. The molecule has 1 fully saturated rings. The predicted molar refractivity (Wildman–Crippen MR) is 107 cm³/mol. The van der Waals surface area contributed by atoms with Crippen LogP contribution in [0.5, 0.6) is 5.75 Å². The maximum atomic E-state index is 5.41. The number of ether oxygens (including phenoxy) is 1. The first-order valence-electron chi connectivity index (χ1n) is 7.93. The van der Waals surface area contributed by atoms with Crippen molar-refractivity contribution in [1.82, 2.24) is 9.88 Å². The van der Waals surface area contributed by atoms with E-state index >= 15 is 0 Å². The van der Waals surface area contributed by atoms with Crippen LogP contribution in [0.4, 0.5) is 0 Å². The lowest BCUT2D eigenvalue weighted by Crippen LogP contribution is -2.28. The van der Waals surface area contributed by atoms with Crippen LogP contribution in [-0.4, -0.2) is 34.0 Å². The van der Waals surface area contributed by atoms with E-state index < -0.39 is 0 Å². The van der Waals surface area contributed by atoms with Gasteiger partial charge in [0.1, 0.15) is 11.8 Å². The van der Waals surface area contributed by atoms with Gasteiger partial charge in [0.05, 0.1) is 22.4 Å². The van der Waals surface area contributed by atoms with E-state index in [1.807, 2.05) is 30.1 Å². The molecule has 2 aliphatic heterocycles. The summed E-state index contributed by atoms with van der Waals surface area (Å²) >= 11 is 4.20. The van der Waals surface area contributed by atoms with Crippen molar-refractivity contribution in [2.75, 3.05) is 13.7 Å². The summed E-state index contributed by atoms with van der Waals surface area (Å²) < 4.78 is 6.54. The van der Waals surface area contributed by atoms with Crippen molar-refractivity contribution < 1.29 is 4.74 Å². The predicted octanol–water partition coefficient (Wildman–Crippen LogP) is 4.28. The molecule has 0 saturated carbocycles. The Balaban J connectivity index is 1.77. The molecule has 1 aromatic heterocycles. The van der Waals surface area contributed by atoms with E-state index in [1.165, 1.54) is 5.56 Å². The molecule has 6 heteroatoms. The monoisotopic (exact) mass is 451 g/mol. The molecule has 0 amide bonds. The fourth-order valence-electron chi connectivity index (χ4n) is 3.34. The summed E-state index contributed by atoms with van der Waals surface area (Å²) in [5.74, 6) is 0.914. The molecule has 0 N–H and O–H groups in total. The van der Waals surface area contributed by atoms with Gasteiger partial charge in [0.15, 0.2) is 5.17 Å². The number of aromatic nitrogens is 1. The maximum absolute atomic E-state index is 5.41. The number of nitrogens with zero attached hydrogens (tertiary/aromatic N) is 3. The van der Waals surface area contributed by atoms with E-state index in [0.29, 0.717) is 5.25 Å². The third-order valence-electron chi connectivity index (χ3n) is 4.40. The number of fused-ring (bicyclic) bond motifs is 1. The Kier molecular flexibility index (Phi) is 4.42. The second kappa shape index (κ2) is 6.55. The van der Waals surface area contributed by atoms with Crippen LogP contribution < -0.4 is 4.74 Å². The van der Waals surface area contributed by atoms with Crippen molar-refractivity contribution in [2.45, 2.75) is 24.3 Å². The minimum atomic E-state index is 0.0467. The van der Waals surface area contributed by atoms with Crippen LogP contribution >= 0.6 is 34.4 Å². The van der Waals surface area contributed by atoms with Crippen LogP contribution in [-0.2, 0) is 0 Å². The van der Waals surface area contributed by atoms with Crippen molar-refractivity contribution >= 4 is 39.5 Å². The Hall–Kier alpha value is -1.28. The fraction of sp³-hybridized carbons (Fsp3) is 0.333. The lowest BCUT2D eigenvalue weighted by atomic mass is 9.96. The van der Waals surface area contributed by atoms with E-state index in [2.05, 4.69) is 63.7 Å². The van der Waals surface area contributed by atoms with Gasteiger partial charge >= 0.3 is 0 Å². The molecule has 3 heterocycles. The number of benzene rings is 1. The molecule has 4 nitrogen and oxygen atoms in total. The van der Waals surface area contributed by atoms with Gasteiger partial charge in [0.2, 0.25) is 0 Å². The van der Waals surface area contributed by atoms with Crippen molar-refractivity contribution in [2.24, 2.45) is 4.99 Å². The highest BCUT2D eigenvalue weighted by Gasteiger charge is 2.43. The standard InChI is InChI=1S/C18H18IN3OS/c1-11-10-22-17(12-6-7-15(23-2)13(19)9-12)16(21-18(22)24-11)14-5-3-4-8-20-14/h3-9,11,16-17H,10H2,1-2H3/t11-,16-,17+/m0/s1. The number of pyridine rings is 1. The molecule has 0 aliphatic carbocycles. The van der Waals surface area contributed by atoms with E-state index in [4.69, 9.17) is 9.73 Å². The Bertz CT molecular complexity index is 783. The van der Waals surface area contributed by atoms with Crippen LogP contribution in [0.2, 0.25) is 0 Å². The molecule has 4 rings (SSSR count). The van der Waals surface area contributed by atoms with Gasteiger partial charge in [-0.1, -0.05) is 30.8 Å². The summed E-state index contributed by atoms with van der Waals surface area (Å²) in [7, 11) is 1.71. The molecule has 2 aromatic rings. The highest BCUT2D eigenvalue weighted by atomic mass is 127. The van der Waals surface area contributed by atoms with Crippen molar-refractivity contribution in [3.8, 4) is 5.75 Å². The number of thioether (sulfide) groups is 1. The molecule has 124 valence electrons. The molecule has 2 aliphatic rings. The summed E-state index contributed by atoms with van der Waals surface area (Å²) in [5, 5.41) is 1.72.